The van der Waals surface area contributed by atoms with E-state index in [-0.39, 0.29) is 0 Å². The maximum Gasteiger partial charge on any atom is 0.224 e. The van der Waals surface area contributed by atoms with Crippen molar-refractivity contribution in [3.8, 4) is 0 Å². The fourth-order valence-corrected chi connectivity index (χ4v) is 4.69. The maximum absolute atomic E-state index is 6.27. The standard InChI is InChI=1S/C27H29N7O/c28-26-22(12-18-1-3-24-20(11-18)5-6-29-24)16-31-27(33-26)30-15-19-2-4-25-21(13-19)14-23(32-25)17-34-7-9-35-10-8-34/h1-6,11,13-14,16,29,32H,7-10,12,15,17H2,(H3,28,30,31,33). The second kappa shape index (κ2) is 9.40. The molecule has 5 N–H and O–H groups in total. The van der Waals surface area contributed by atoms with E-state index >= 15 is 0 Å². The number of nitrogens with two attached hydrogens (primary N) is 1. The van der Waals surface area contributed by atoms with E-state index in [0.29, 0.717) is 24.7 Å². The number of aromatic nitrogens is 4. The van der Waals surface area contributed by atoms with Gasteiger partial charge < -0.3 is 25.8 Å². The zero-order chi connectivity index (χ0) is 23.6. The molecule has 1 aliphatic rings. The smallest absolute Gasteiger partial charge is 0.224 e. The highest BCUT2D eigenvalue weighted by molar-refractivity contribution is 5.81. The molecule has 1 saturated heterocycles. The molecular formula is C27H29N7O. The van der Waals surface area contributed by atoms with Crippen molar-refractivity contribution in [2.75, 3.05) is 37.4 Å². The van der Waals surface area contributed by atoms with Crippen molar-refractivity contribution >= 4 is 33.6 Å². The molecule has 0 unspecified atom stereocenters. The van der Waals surface area contributed by atoms with E-state index in [4.69, 9.17) is 10.5 Å². The van der Waals surface area contributed by atoms with E-state index < -0.39 is 0 Å². The average molecular weight is 468 g/mol. The lowest BCUT2D eigenvalue weighted by Gasteiger charge is -2.25. The molecule has 0 amide bonds. The van der Waals surface area contributed by atoms with Crippen LogP contribution >= 0.6 is 0 Å². The molecule has 0 radical (unpaired) electrons. The molecule has 3 aromatic heterocycles. The highest BCUT2D eigenvalue weighted by atomic mass is 16.5. The zero-order valence-corrected chi connectivity index (χ0v) is 19.6. The van der Waals surface area contributed by atoms with E-state index in [9.17, 15) is 0 Å². The van der Waals surface area contributed by atoms with Gasteiger partial charge in [-0.15, -0.1) is 0 Å². The SMILES string of the molecule is Nc1nc(NCc2ccc3[nH]c(CN4CCOCC4)cc3c2)ncc1Cc1ccc2[nH]ccc2c1. The van der Waals surface area contributed by atoms with E-state index in [1.807, 2.05) is 12.4 Å². The molecule has 0 bridgehead atoms. The largest absolute Gasteiger partial charge is 0.383 e. The zero-order valence-electron chi connectivity index (χ0n) is 19.6. The number of fused-ring (bicyclic) bond motifs is 2. The van der Waals surface area contributed by atoms with Crippen LogP contribution < -0.4 is 11.1 Å². The fourth-order valence-electron chi connectivity index (χ4n) is 4.69. The maximum atomic E-state index is 6.27. The predicted molar refractivity (Wildman–Crippen MR) is 139 cm³/mol. The first-order valence-electron chi connectivity index (χ1n) is 12.0. The van der Waals surface area contributed by atoms with Gasteiger partial charge in [0.15, 0.2) is 0 Å². The average Bonchev–Trinajstić information content (AvgIpc) is 3.50. The van der Waals surface area contributed by atoms with Crippen molar-refractivity contribution in [3.63, 3.8) is 0 Å². The molecule has 35 heavy (non-hydrogen) atoms. The Kier molecular flexibility index (Phi) is 5.81. The summed E-state index contributed by atoms with van der Waals surface area (Å²) < 4.78 is 5.45. The first-order valence-corrected chi connectivity index (χ1v) is 12.0. The first-order chi connectivity index (χ1) is 17.2. The number of H-pyrrole nitrogens is 2. The van der Waals surface area contributed by atoms with Crippen LogP contribution in [0.3, 0.4) is 0 Å². The van der Waals surface area contributed by atoms with Gasteiger partial charge in [0.05, 0.1) is 13.2 Å². The Hall–Kier alpha value is -3.88. The molecule has 4 heterocycles. The van der Waals surface area contributed by atoms with Crippen LogP contribution in [0, 0.1) is 0 Å². The molecule has 8 heteroatoms. The van der Waals surface area contributed by atoms with Gasteiger partial charge in [-0.3, -0.25) is 4.90 Å². The Bertz CT molecular complexity index is 1470. The minimum atomic E-state index is 0.505. The quantitative estimate of drug-likeness (QED) is 0.288. The van der Waals surface area contributed by atoms with Gasteiger partial charge in [-0.1, -0.05) is 12.1 Å². The van der Waals surface area contributed by atoms with Crippen LogP contribution in [0.2, 0.25) is 0 Å². The van der Waals surface area contributed by atoms with Gasteiger partial charge in [-0.25, -0.2) is 4.98 Å². The second-order valence-corrected chi connectivity index (χ2v) is 9.14. The predicted octanol–water partition coefficient (Wildman–Crippen LogP) is 4.06. The van der Waals surface area contributed by atoms with E-state index in [1.54, 1.807) is 0 Å². The van der Waals surface area contributed by atoms with E-state index in [1.165, 1.54) is 27.6 Å². The Balaban J connectivity index is 1.10. The van der Waals surface area contributed by atoms with E-state index in [2.05, 4.69) is 78.7 Å². The summed E-state index contributed by atoms with van der Waals surface area (Å²) in [4.78, 5) is 18.2. The lowest BCUT2D eigenvalue weighted by molar-refractivity contribution is 0.0337. The van der Waals surface area contributed by atoms with Crippen molar-refractivity contribution in [2.45, 2.75) is 19.5 Å². The van der Waals surface area contributed by atoms with Crippen LogP contribution in [-0.2, 0) is 24.2 Å². The van der Waals surface area contributed by atoms with Gasteiger partial charge >= 0.3 is 0 Å². The minimum Gasteiger partial charge on any atom is -0.383 e. The number of nitrogens with one attached hydrogen (secondary N) is 3. The number of ether oxygens (including phenoxy) is 1. The number of rotatable bonds is 7. The normalized spacial score (nSPS) is 14.6. The number of nitrogens with zero attached hydrogens (tertiary/aromatic N) is 3. The molecule has 178 valence electrons. The van der Waals surface area contributed by atoms with Crippen LogP contribution in [0.1, 0.15) is 22.4 Å². The van der Waals surface area contributed by atoms with Crippen LogP contribution in [0.4, 0.5) is 11.8 Å². The molecule has 1 aliphatic heterocycles. The fraction of sp³-hybridized carbons (Fsp3) is 0.259. The van der Waals surface area contributed by atoms with Gasteiger partial charge in [0.2, 0.25) is 5.95 Å². The third kappa shape index (κ3) is 4.84. The Morgan fingerprint density at radius 1 is 0.971 bits per heavy atom. The number of aromatic amines is 2. The van der Waals surface area contributed by atoms with Crippen molar-refractivity contribution in [3.05, 3.63) is 83.3 Å². The molecule has 8 nitrogen and oxygen atoms in total. The third-order valence-electron chi connectivity index (χ3n) is 6.60. The summed E-state index contributed by atoms with van der Waals surface area (Å²) in [6.45, 7) is 5.14. The topological polar surface area (TPSA) is 108 Å². The number of hydrogen-bond acceptors (Lipinski definition) is 6. The summed E-state index contributed by atoms with van der Waals surface area (Å²) >= 11 is 0. The van der Waals surface area contributed by atoms with Gasteiger partial charge in [0, 0.05) is 72.7 Å². The summed E-state index contributed by atoms with van der Waals surface area (Å²) in [5.74, 6) is 1.04. The second-order valence-electron chi connectivity index (χ2n) is 9.14. The van der Waals surface area contributed by atoms with E-state index in [0.717, 1.165) is 49.4 Å². The van der Waals surface area contributed by atoms with Crippen molar-refractivity contribution in [2.24, 2.45) is 0 Å². The van der Waals surface area contributed by atoms with Crippen LogP contribution in [0.25, 0.3) is 21.8 Å². The molecule has 2 aromatic carbocycles. The highest BCUT2D eigenvalue weighted by Gasteiger charge is 2.12. The molecule has 1 fully saturated rings. The molecule has 0 saturated carbocycles. The Morgan fingerprint density at radius 2 is 1.80 bits per heavy atom. The molecule has 0 aliphatic carbocycles. The monoisotopic (exact) mass is 467 g/mol. The molecular weight excluding hydrogens is 438 g/mol. The van der Waals surface area contributed by atoms with Gasteiger partial charge in [0.1, 0.15) is 5.82 Å². The Morgan fingerprint density at radius 3 is 2.69 bits per heavy atom. The third-order valence-corrected chi connectivity index (χ3v) is 6.60. The molecule has 0 atom stereocenters. The molecule has 0 spiro atoms. The number of anilines is 2. The van der Waals surface area contributed by atoms with Crippen LogP contribution in [0.15, 0.2) is 60.9 Å². The van der Waals surface area contributed by atoms with Crippen molar-refractivity contribution in [1.82, 2.24) is 24.8 Å². The highest BCUT2D eigenvalue weighted by Crippen LogP contribution is 2.21. The molecule has 6 rings (SSSR count). The first kappa shape index (κ1) is 21.6. The summed E-state index contributed by atoms with van der Waals surface area (Å²) in [5, 5.41) is 5.71. The van der Waals surface area contributed by atoms with Gasteiger partial charge in [-0.05, 0) is 52.9 Å². The summed E-state index contributed by atoms with van der Waals surface area (Å²) in [6.07, 6.45) is 4.47. The summed E-state index contributed by atoms with van der Waals surface area (Å²) in [5.41, 5.74) is 13.1. The lowest BCUT2D eigenvalue weighted by Crippen LogP contribution is -2.35. The molecule has 5 aromatic rings. The number of hydrogen-bond donors (Lipinski definition) is 4. The summed E-state index contributed by atoms with van der Waals surface area (Å²) in [6, 6.07) is 17.1. The van der Waals surface area contributed by atoms with Gasteiger partial charge in [0.25, 0.3) is 0 Å². The summed E-state index contributed by atoms with van der Waals surface area (Å²) in [7, 11) is 0. The number of benzene rings is 2. The Labute approximate surface area is 203 Å². The number of nitrogen functional groups attached to an aromatic ring is 1. The van der Waals surface area contributed by atoms with Crippen molar-refractivity contribution < 1.29 is 4.74 Å². The lowest BCUT2D eigenvalue weighted by atomic mass is 10.1. The minimum absolute atomic E-state index is 0.505. The number of morpholine rings is 1. The van der Waals surface area contributed by atoms with Gasteiger partial charge in [-0.2, -0.15) is 4.98 Å². The van der Waals surface area contributed by atoms with Crippen molar-refractivity contribution in [1.29, 1.82) is 0 Å². The van der Waals surface area contributed by atoms with Crippen LogP contribution in [-0.4, -0.2) is 51.1 Å². The van der Waals surface area contributed by atoms with Crippen LogP contribution in [0.5, 0.6) is 0 Å².